The van der Waals surface area contributed by atoms with E-state index in [0.717, 1.165) is 41.1 Å². The summed E-state index contributed by atoms with van der Waals surface area (Å²) in [5.41, 5.74) is 5.10. The van der Waals surface area contributed by atoms with E-state index < -0.39 is 0 Å². The second-order valence-electron chi connectivity index (χ2n) is 8.83. The van der Waals surface area contributed by atoms with Crippen molar-refractivity contribution in [3.05, 3.63) is 41.0 Å². The molecule has 0 N–H and O–H groups in total. The van der Waals surface area contributed by atoms with Crippen molar-refractivity contribution in [3.8, 4) is 6.07 Å². The van der Waals surface area contributed by atoms with Crippen LogP contribution in [0.1, 0.15) is 50.3 Å². The summed E-state index contributed by atoms with van der Waals surface area (Å²) in [4.78, 5) is 19.4. The quantitative estimate of drug-likeness (QED) is 0.564. The van der Waals surface area contributed by atoms with E-state index in [2.05, 4.69) is 35.3 Å². The van der Waals surface area contributed by atoms with Gasteiger partial charge in [-0.25, -0.2) is 4.98 Å². The lowest BCUT2D eigenvalue weighted by molar-refractivity contribution is -0.143. The minimum absolute atomic E-state index is 0.206. The summed E-state index contributed by atoms with van der Waals surface area (Å²) in [6, 6.07) is 10.4. The number of aromatic nitrogens is 2. The van der Waals surface area contributed by atoms with Gasteiger partial charge in [0.15, 0.2) is 5.65 Å². The van der Waals surface area contributed by atoms with Crippen LogP contribution in [0, 0.1) is 30.1 Å². The fourth-order valence-electron chi connectivity index (χ4n) is 5.09. The van der Waals surface area contributed by atoms with E-state index in [-0.39, 0.29) is 5.97 Å². The first-order chi connectivity index (χ1) is 14.9. The predicted octanol–water partition coefficient (Wildman–Crippen LogP) is 4.65. The molecule has 31 heavy (non-hydrogen) atoms. The van der Waals surface area contributed by atoms with Crippen molar-refractivity contribution >= 4 is 28.5 Å². The van der Waals surface area contributed by atoms with Crippen LogP contribution >= 0.6 is 0 Å². The Morgan fingerprint density at radius 1 is 1.26 bits per heavy atom. The molecule has 1 fully saturated rings. The first-order valence-electron chi connectivity index (χ1n) is 11.2. The number of piperidine rings is 1. The van der Waals surface area contributed by atoms with Gasteiger partial charge in [0.05, 0.1) is 23.2 Å². The first-order valence-corrected chi connectivity index (χ1v) is 11.2. The summed E-state index contributed by atoms with van der Waals surface area (Å²) in [6.45, 7) is 10.7. The number of esters is 1. The van der Waals surface area contributed by atoms with Crippen LogP contribution in [0.25, 0.3) is 16.7 Å². The smallest absolute Gasteiger partial charge is 0.306 e. The zero-order chi connectivity index (χ0) is 22.1. The molecule has 3 heterocycles. The number of carbonyl (C=O) groups is 1. The molecule has 1 aliphatic rings. The van der Waals surface area contributed by atoms with Crippen LogP contribution in [0.2, 0.25) is 0 Å². The average Bonchev–Trinajstić information content (AvgIpc) is 3.10. The monoisotopic (exact) mass is 418 g/mol. The molecule has 0 saturated carbocycles. The van der Waals surface area contributed by atoms with Gasteiger partial charge in [0, 0.05) is 19.5 Å². The van der Waals surface area contributed by atoms with Gasteiger partial charge in [-0.2, -0.15) is 5.26 Å². The Morgan fingerprint density at radius 3 is 2.65 bits per heavy atom. The second-order valence-corrected chi connectivity index (χ2v) is 8.83. The Hall–Kier alpha value is -3.07. The molecule has 0 bridgehead atoms. The van der Waals surface area contributed by atoms with E-state index in [1.807, 2.05) is 32.0 Å². The molecule has 4 rings (SSSR count). The molecule has 6 heteroatoms. The Balaban J connectivity index is 1.99. The van der Waals surface area contributed by atoms with Crippen LogP contribution in [-0.2, 0) is 16.0 Å². The number of fused-ring (bicyclic) bond motifs is 3. The maximum absolute atomic E-state index is 12.2. The minimum atomic E-state index is -0.206. The van der Waals surface area contributed by atoms with E-state index in [1.54, 1.807) is 0 Å². The molecule has 2 atom stereocenters. The molecule has 1 saturated heterocycles. The van der Waals surface area contributed by atoms with Crippen LogP contribution in [0.3, 0.4) is 0 Å². The third-order valence-corrected chi connectivity index (χ3v) is 6.26. The van der Waals surface area contributed by atoms with Crippen molar-refractivity contribution in [2.24, 2.45) is 11.8 Å². The lowest BCUT2D eigenvalue weighted by atomic mass is 9.91. The largest absolute Gasteiger partial charge is 0.466 e. The number of para-hydroxylation sites is 2. The number of nitrogens with zero attached hydrogens (tertiary/aromatic N) is 4. The first kappa shape index (κ1) is 21.2. The maximum atomic E-state index is 12.2. The third kappa shape index (κ3) is 3.85. The van der Waals surface area contributed by atoms with Crippen molar-refractivity contribution in [3.63, 3.8) is 0 Å². The fourth-order valence-corrected chi connectivity index (χ4v) is 5.09. The van der Waals surface area contributed by atoms with Crippen LogP contribution in [0.5, 0.6) is 0 Å². The molecule has 0 radical (unpaired) electrons. The van der Waals surface area contributed by atoms with Crippen LogP contribution in [-0.4, -0.2) is 35.1 Å². The Kier molecular flexibility index (Phi) is 5.86. The number of nitriles is 1. The average molecular weight is 419 g/mol. The highest BCUT2D eigenvalue weighted by Crippen LogP contribution is 2.36. The molecule has 0 aliphatic carbocycles. The molecule has 3 aromatic rings. The highest BCUT2D eigenvalue weighted by Gasteiger charge is 2.29. The SMILES string of the molecule is CCOC(=O)CCc1c(C)c(C#N)c2nc3ccccc3n2c1N1CC(C)CC(C)C1. The van der Waals surface area contributed by atoms with E-state index in [9.17, 15) is 10.1 Å². The van der Waals surface area contributed by atoms with Crippen LogP contribution in [0.15, 0.2) is 24.3 Å². The molecule has 162 valence electrons. The van der Waals surface area contributed by atoms with Gasteiger partial charge in [0.1, 0.15) is 11.9 Å². The third-order valence-electron chi connectivity index (χ3n) is 6.26. The standard InChI is InChI=1S/C25H30N4O2/c1-5-31-23(30)11-10-19-18(4)20(13-26)24-27-21-8-6-7-9-22(21)29(24)25(19)28-14-16(2)12-17(3)15-28/h6-9,16-17H,5,10-12,14-15H2,1-4H3. The molecule has 1 aliphatic heterocycles. The zero-order valence-corrected chi connectivity index (χ0v) is 18.8. The van der Waals surface area contributed by atoms with Crippen molar-refractivity contribution in [1.82, 2.24) is 9.38 Å². The molecule has 2 unspecified atom stereocenters. The highest BCUT2D eigenvalue weighted by molar-refractivity contribution is 5.86. The number of benzene rings is 1. The molecule has 2 aromatic heterocycles. The molecule has 0 spiro atoms. The lowest BCUT2D eigenvalue weighted by Crippen LogP contribution is -2.40. The number of pyridine rings is 1. The molecule has 0 amide bonds. The molecular weight excluding hydrogens is 388 g/mol. The molecule has 6 nitrogen and oxygen atoms in total. The number of hydrogen-bond acceptors (Lipinski definition) is 5. The van der Waals surface area contributed by atoms with Gasteiger partial charge in [0.2, 0.25) is 0 Å². The summed E-state index contributed by atoms with van der Waals surface area (Å²) in [6.07, 6.45) is 2.04. The second kappa shape index (κ2) is 8.58. The van der Waals surface area contributed by atoms with Gasteiger partial charge in [-0.15, -0.1) is 0 Å². The fraction of sp³-hybridized carbons (Fsp3) is 0.480. The van der Waals surface area contributed by atoms with Gasteiger partial charge < -0.3 is 9.64 Å². The van der Waals surface area contributed by atoms with Crippen LogP contribution < -0.4 is 4.90 Å². The highest BCUT2D eigenvalue weighted by atomic mass is 16.5. The zero-order valence-electron chi connectivity index (χ0n) is 18.8. The van der Waals surface area contributed by atoms with Crippen molar-refractivity contribution in [2.75, 3.05) is 24.6 Å². The van der Waals surface area contributed by atoms with Crippen LogP contribution in [0.4, 0.5) is 5.82 Å². The Labute approximate surface area is 183 Å². The summed E-state index contributed by atoms with van der Waals surface area (Å²) in [5.74, 6) is 2.01. The van der Waals surface area contributed by atoms with E-state index >= 15 is 0 Å². The van der Waals surface area contributed by atoms with Crippen molar-refractivity contribution < 1.29 is 9.53 Å². The Bertz CT molecular complexity index is 1160. The predicted molar refractivity (Wildman–Crippen MR) is 122 cm³/mol. The van der Waals surface area contributed by atoms with Crippen molar-refractivity contribution in [1.29, 1.82) is 5.26 Å². The normalized spacial score (nSPS) is 19.0. The Morgan fingerprint density at radius 2 is 1.97 bits per heavy atom. The van der Waals surface area contributed by atoms with Gasteiger partial charge in [-0.3, -0.25) is 9.20 Å². The number of ether oxygens (including phenoxy) is 1. The lowest BCUT2D eigenvalue weighted by Gasteiger charge is -2.38. The summed E-state index contributed by atoms with van der Waals surface area (Å²) in [5, 5.41) is 10.0. The van der Waals surface area contributed by atoms with E-state index in [4.69, 9.17) is 9.72 Å². The van der Waals surface area contributed by atoms with E-state index in [0.29, 0.717) is 42.5 Å². The number of imidazole rings is 1. The van der Waals surface area contributed by atoms with Crippen molar-refractivity contribution in [2.45, 2.75) is 47.0 Å². The summed E-state index contributed by atoms with van der Waals surface area (Å²) in [7, 11) is 0. The van der Waals surface area contributed by atoms with Gasteiger partial charge in [-0.1, -0.05) is 26.0 Å². The minimum Gasteiger partial charge on any atom is -0.466 e. The summed E-state index contributed by atoms with van der Waals surface area (Å²) >= 11 is 0. The van der Waals surface area contributed by atoms with Gasteiger partial charge in [0.25, 0.3) is 0 Å². The number of anilines is 1. The molecular formula is C25H30N4O2. The molecule has 1 aromatic carbocycles. The number of rotatable bonds is 5. The maximum Gasteiger partial charge on any atom is 0.306 e. The topological polar surface area (TPSA) is 70.6 Å². The summed E-state index contributed by atoms with van der Waals surface area (Å²) < 4.78 is 7.33. The number of carbonyl (C=O) groups excluding carboxylic acids is 1. The van der Waals surface area contributed by atoms with Gasteiger partial charge >= 0.3 is 5.97 Å². The van der Waals surface area contributed by atoms with Gasteiger partial charge in [-0.05, 0) is 61.8 Å². The van der Waals surface area contributed by atoms with E-state index in [1.165, 1.54) is 6.42 Å². The number of hydrogen-bond donors (Lipinski definition) is 0.